The molecule has 3 aromatic heterocycles. The van der Waals surface area contributed by atoms with Crippen molar-refractivity contribution in [2.45, 2.75) is 0 Å². The van der Waals surface area contributed by atoms with Gasteiger partial charge in [0.2, 0.25) is 5.95 Å². The zero-order valence-electron chi connectivity index (χ0n) is 10.0. The molecule has 0 radical (unpaired) electrons. The number of hydrogen-bond donors (Lipinski definition) is 2. The second kappa shape index (κ2) is 3.84. The minimum absolute atomic E-state index is 0.595. The molecular formula is C14H11N5. The van der Waals surface area contributed by atoms with E-state index in [1.165, 1.54) is 5.39 Å². The van der Waals surface area contributed by atoms with E-state index in [0.29, 0.717) is 5.95 Å². The van der Waals surface area contributed by atoms with Gasteiger partial charge < -0.3 is 10.3 Å². The van der Waals surface area contributed by atoms with Gasteiger partial charge in [0.15, 0.2) is 5.65 Å². The molecule has 92 valence electrons. The number of aromatic amines is 1. The Morgan fingerprint density at radius 1 is 1.11 bits per heavy atom. The van der Waals surface area contributed by atoms with E-state index in [2.05, 4.69) is 26.4 Å². The highest BCUT2D eigenvalue weighted by atomic mass is 15.3. The van der Waals surface area contributed by atoms with Gasteiger partial charge in [0, 0.05) is 23.6 Å². The van der Waals surface area contributed by atoms with E-state index in [9.17, 15) is 0 Å². The second-order valence-corrected chi connectivity index (χ2v) is 4.34. The molecule has 0 saturated heterocycles. The van der Waals surface area contributed by atoms with Crippen LogP contribution in [0.5, 0.6) is 0 Å². The highest BCUT2D eigenvalue weighted by Gasteiger charge is 2.03. The van der Waals surface area contributed by atoms with Crippen LogP contribution in [0.15, 0.2) is 54.9 Å². The predicted molar refractivity (Wildman–Crippen MR) is 74.6 cm³/mol. The summed E-state index contributed by atoms with van der Waals surface area (Å²) >= 11 is 0. The standard InChI is InChI=1S/C14H11N5/c1-2-8-19-13(3-1)17-14(18-19)16-11-5-4-10-6-7-15-12(10)9-11/h1-9,15H,(H,16,18). The average molecular weight is 249 g/mol. The Hall–Kier alpha value is -2.82. The van der Waals surface area contributed by atoms with Crippen LogP contribution in [0.3, 0.4) is 0 Å². The minimum Gasteiger partial charge on any atom is -0.361 e. The molecule has 0 amide bonds. The summed E-state index contributed by atoms with van der Waals surface area (Å²) in [5, 5.41) is 8.76. The smallest absolute Gasteiger partial charge is 0.247 e. The van der Waals surface area contributed by atoms with Crippen LogP contribution < -0.4 is 5.32 Å². The summed E-state index contributed by atoms with van der Waals surface area (Å²) in [6.45, 7) is 0. The fraction of sp³-hybridized carbons (Fsp3) is 0. The first-order valence-corrected chi connectivity index (χ1v) is 6.04. The van der Waals surface area contributed by atoms with E-state index in [0.717, 1.165) is 16.9 Å². The maximum absolute atomic E-state index is 4.41. The predicted octanol–water partition coefficient (Wildman–Crippen LogP) is 2.95. The van der Waals surface area contributed by atoms with Gasteiger partial charge in [-0.1, -0.05) is 12.1 Å². The fourth-order valence-electron chi connectivity index (χ4n) is 2.14. The monoisotopic (exact) mass is 249 g/mol. The van der Waals surface area contributed by atoms with Crippen molar-refractivity contribution in [1.29, 1.82) is 0 Å². The first-order valence-electron chi connectivity index (χ1n) is 6.04. The van der Waals surface area contributed by atoms with Crippen LogP contribution in [-0.2, 0) is 0 Å². The Kier molecular flexibility index (Phi) is 2.05. The average Bonchev–Trinajstić information content (AvgIpc) is 3.03. The second-order valence-electron chi connectivity index (χ2n) is 4.34. The van der Waals surface area contributed by atoms with Gasteiger partial charge in [-0.25, -0.2) is 4.52 Å². The molecule has 0 aliphatic rings. The summed E-state index contributed by atoms with van der Waals surface area (Å²) in [6, 6.07) is 14.0. The molecule has 19 heavy (non-hydrogen) atoms. The molecule has 3 heterocycles. The molecule has 0 unspecified atom stereocenters. The summed E-state index contributed by atoms with van der Waals surface area (Å²) < 4.78 is 1.75. The highest BCUT2D eigenvalue weighted by Crippen LogP contribution is 2.20. The lowest BCUT2D eigenvalue weighted by molar-refractivity contribution is 0.965. The van der Waals surface area contributed by atoms with Crippen molar-refractivity contribution in [3.8, 4) is 0 Å². The molecular weight excluding hydrogens is 238 g/mol. The fourth-order valence-corrected chi connectivity index (χ4v) is 2.14. The molecule has 5 heteroatoms. The maximum atomic E-state index is 4.41. The number of nitrogens with zero attached hydrogens (tertiary/aromatic N) is 3. The Morgan fingerprint density at radius 3 is 3.05 bits per heavy atom. The van der Waals surface area contributed by atoms with Crippen LogP contribution in [0.1, 0.15) is 0 Å². The quantitative estimate of drug-likeness (QED) is 0.574. The molecule has 2 N–H and O–H groups in total. The largest absolute Gasteiger partial charge is 0.361 e. The van der Waals surface area contributed by atoms with Crippen LogP contribution in [0.2, 0.25) is 0 Å². The Balaban J connectivity index is 1.72. The summed E-state index contributed by atoms with van der Waals surface area (Å²) in [5.74, 6) is 0.595. The van der Waals surface area contributed by atoms with Gasteiger partial charge in [-0.05, 0) is 35.7 Å². The van der Waals surface area contributed by atoms with Crippen molar-refractivity contribution >= 4 is 28.2 Å². The molecule has 4 aromatic rings. The molecule has 0 atom stereocenters. The van der Waals surface area contributed by atoms with Gasteiger partial charge >= 0.3 is 0 Å². The van der Waals surface area contributed by atoms with Crippen molar-refractivity contribution in [1.82, 2.24) is 19.6 Å². The number of rotatable bonds is 2. The number of H-pyrrole nitrogens is 1. The van der Waals surface area contributed by atoms with Crippen LogP contribution in [0, 0.1) is 0 Å². The van der Waals surface area contributed by atoms with Crippen LogP contribution >= 0.6 is 0 Å². The topological polar surface area (TPSA) is 58.0 Å². The van der Waals surface area contributed by atoms with E-state index in [-0.39, 0.29) is 0 Å². The van der Waals surface area contributed by atoms with E-state index in [4.69, 9.17) is 0 Å². The SMILES string of the molecule is c1ccn2nc(Nc3ccc4cc[nH]c4c3)nc2c1. The molecule has 0 bridgehead atoms. The van der Waals surface area contributed by atoms with Crippen LogP contribution in [0.25, 0.3) is 16.6 Å². The number of fused-ring (bicyclic) bond motifs is 2. The van der Waals surface area contributed by atoms with Crippen molar-refractivity contribution in [2.24, 2.45) is 0 Å². The summed E-state index contributed by atoms with van der Waals surface area (Å²) in [6.07, 6.45) is 3.80. The van der Waals surface area contributed by atoms with E-state index >= 15 is 0 Å². The number of pyridine rings is 1. The summed E-state index contributed by atoms with van der Waals surface area (Å²) in [4.78, 5) is 7.59. The molecule has 0 aliphatic carbocycles. The minimum atomic E-state index is 0.595. The maximum Gasteiger partial charge on any atom is 0.247 e. The molecule has 0 saturated carbocycles. The lowest BCUT2D eigenvalue weighted by Gasteiger charge is -2.01. The van der Waals surface area contributed by atoms with Crippen molar-refractivity contribution < 1.29 is 0 Å². The molecule has 1 aromatic carbocycles. The summed E-state index contributed by atoms with van der Waals surface area (Å²) in [5.41, 5.74) is 2.88. The van der Waals surface area contributed by atoms with Gasteiger partial charge in [-0.2, -0.15) is 4.98 Å². The van der Waals surface area contributed by atoms with Crippen LogP contribution in [-0.4, -0.2) is 19.6 Å². The lowest BCUT2D eigenvalue weighted by Crippen LogP contribution is -1.92. The number of benzene rings is 1. The molecule has 5 nitrogen and oxygen atoms in total. The van der Waals surface area contributed by atoms with Gasteiger partial charge in [0.1, 0.15) is 0 Å². The zero-order valence-corrected chi connectivity index (χ0v) is 10.0. The van der Waals surface area contributed by atoms with Gasteiger partial charge in [-0.15, -0.1) is 5.10 Å². The zero-order chi connectivity index (χ0) is 12.7. The van der Waals surface area contributed by atoms with Gasteiger partial charge in [0.25, 0.3) is 0 Å². The van der Waals surface area contributed by atoms with Crippen molar-refractivity contribution in [2.75, 3.05) is 5.32 Å². The third-order valence-electron chi connectivity index (χ3n) is 3.05. The molecule has 4 rings (SSSR count). The molecule has 0 aliphatic heterocycles. The number of nitrogens with one attached hydrogen (secondary N) is 2. The third kappa shape index (κ3) is 1.72. The van der Waals surface area contributed by atoms with Gasteiger partial charge in [0.05, 0.1) is 0 Å². The number of hydrogen-bond acceptors (Lipinski definition) is 3. The molecule has 0 fully saturated rings. The van der Waals surface area contributed by atoms with Crippen molar-refractivity contribution in [3.63, 3.8) is 0 Å². The number of aromatic nitrogens is 4. The van der Waals surface area contributed by atoms with Gasteiger partial charge in [-0.3, -0.25) is 0 Å². The summed E-state index contributed by atoms with van der Waals surface area (Å²) in [7, 11) is 0. The Morgan fingerprint density at radius 2 is 2.11 bits per heavy atom. The van der Waals surface area contributed by atoms with E-state index in [1.807, 2.05) is 48.8 Å². The first kappa shape index (κ1) is 10.1. The normalized spacial score (nSPS) is 11.2. The van der Waals surface area contributed by atoms with Crippen LogP contribution in [0.4, 0.5) is 11.6 Å². The highest BCUT2D eigenvalue weighted by molar-refractivity contribution is 5.83. The number of anilines is 2. The lowest BCUT2D eigenvalue weighted by atomic mass is 10.2. The Labute approximate surface area is 108 Å². The Bertz CT molecular complexity index is 825. The van der Waals surface area contributed by atoms with Crippen molar-refractivity contribution in [3.05, 3.63) is 54.9 Å². The van der Waals surface area contributed by atoms with E-state index < -0.39 is 0 Å². The first-order chi connectivity index (χ1) is 9.38. The third-order valence-corrected chi connectivity index (χ3v) is 3.05. The molecule has 0 spiro atoms. The van der Waals surface area contributed by atoms with E-state index in [1.54, 1.807) is 4.52 Å².